The van der Waals surface area contributed by atoms with E-state index < -0.39 is 128 Å². The van der Waals surface area contributed by atoms with Gasteiger partial charge in [-0.1, -0.05) is 19.4 Å². The van der Waals surface area contributed by atoms with E-state index in [4.69, 9.17) is 26.4 Å². The lowest BCUT2D eigenvalue weighted by molar-refractivity contribution is -0.130. The predicted octanol–water partition coefficient (Wildman–Crippen LogP) is 5.96. The third-order valence-corrected chi connectivity index (χ3v) is 22.2. The number of fused-ring (bicyclic) bond motifs is 9. The quantitative estimate of drug-likeness (QED) is 0.0511. The zero-order valence-electron chi connectivity index (χ0n) is 67.6. The summed E-state index contributed by atoms with van der Waals surface area (Å²) >= 11 is 0. The molecule has 9 atom stereocenters. The molecular weight excluding hydrogens is 1490 g/mol. The van der Waals surface area contributed by atoms with Gasteiger partial charge in [0.1, 0.15) is 80.0 Å². The highest BCUT2D eigenvalue weighted by atomic mass is 16.5. The Kier molecular flexibility index (Phi) is 31.7. The molecule has 32 heteroatoms. The van der Waals surface area contributed by atoms with Gasteiger partial charge < -0.3 is 114 Å². The number of allylic oxidation sites excluding steroid dienone is 6. The summed E-state index contributed by atoms with van der Waals surface area (Å²) in [6, 6.07) is 12.6. The number of anilines is 2. The van der Waals surface area contributed by atoms with Crippen LogP contribution in [0.25, 0.3) is 28.6 Å². The van der Waals surface area contributed by atoms with Crippen LogP contribution in [0.2, 0.25) is 0 Å². The van der Waals surface area contributed by atoms with Gasteiger partial charge in [0, 0.05) is 90.7 Å². The molecule has 1 aliphatic heterocycles. The first-order valence-electron chi connectivity index (χ1n) is 37.9. The number of carbonyl (C=O) groups is 9. The number of nitrogens with one attached hydrogen (secondary N) is 3. The molecule has 115 heavy (non-hydrogen) atoms. The van der Waals surface area contributed by atoms with Gasteiger partial charge in [-0.3, -0.25) is 48.1 Å². The number of hydrogen-bond acceptors (Lipinski definition) is 26. The molecule has 0 radical (unpaired) electrons. The molecule has 3 saturated carbocycles. The van der Waals surface area contributed by atoms with Crippen molar-refractivity contribution in [1.29, 1.82) is 0 Å². The molecule has 23 N–H and O–H groups in total. The third-order valence-electron chi connectivity index (χ3n) is 22.2. The van der Waals surface area contributed by atoms with E-state index >= 15 is 0 Å². The van der Waals surface area contributed by atoms with E-state index in [-0.39, 0.29) is 113 Å². The van der Waals surface area contributed by atoms with Crippen LogP contribution < -0.4 is 47.7 Å². The Morgan fingerprint density at radius 2 is 0.930 bits per heavy atom. The second-order valence-electron chi connectivity index (χ2n) is 30.9. The highest BCUT2D eigenvalue weighted by Crippen LogP contribution is 2.56. The van der Waals surface area contributed by atoms with Crippen molar-refractivity contribution in [1.82, 2.24) is 25.8 Å². The first kappa shape index (κ1) is 93.2. The first-order valence-corrected chi connectivity index (χ1v) is 37.9. The van der Waals surface area contributed by atoms with Crippen LogP contribution >= 0.6 is 0 Å². The number of aliphatic hydroxyl groups excluding tert-OH is 6. The summed E-state index contributed by atoms with van der Waals surface area (Å²) < 4.78 is 12.1. The second kappa shape index (κ2) is 39.1. The lowest BCUT2D eigenvalue weighted by Gasteiger charge is -2.41. The van der Waals surface area contributed by atoms with Crippen LogP contribution in [-0.2, 0) is 75.5 Å². The number of ether oxygens (including phenoxy) is 1. The average Bonchev–Trinajstić information content (AvgIpc) is 0.791. The monoisotopic (exact) mass is 1610 g/mol. The summed E-state index contributed by atoms with van der Waals surface area (Å²) in [7, 11) is 22.6. The number of amides is 3. The Balaban J connectivity index is 0.00000165. The van der Waals surface area contributed by atoms with Crippen LogP contribution in [0.1, 0.15) is 124 Å². The normalized spacial score (nSPS) is 22.8. The SMILES string of the molecule is CCCCOc1ccc(N(C)C)c2c1C(O)=C1C(=O)C3C(O)=C(C(N)=O)C(=O)CC3CC1C2.CN(C)Cc1ccc(O)c2c1CC1CC3CC(=O)C(C(N)=O)=C(O)C3C(=O)C1=C2O.CN(C)c1cc(-c2ccc(CN3CCCC3)o2)c(O)c2c1CC1CC3CC(=O)C(C(N)=O)=C(O)C3C(=O)C1=C2O.CNC.CNC.CNC.O.O.O.[HH].[HH].[HH].[HH].[HH].[HH]. The first-order chi connectivity index (χ1) is 53.1. The Hall–Kier alpha value is -10.7. The minimum atomic E-state index is -1.15. The smallest absolute Gasteiger partial charge is 0.255 e. The number of benzene rings is 3. The van der Waals surface area contributed by atoms with Crippen LogP contribution in [0.4, 0.5) is 11.4 Å². The summed E-state index contributed by atoms with van der Waals surface area (Å²) in [4.78, 5) is 121. The van der Waals surface area contributed by atoms with Crippen LogP contribution in [0.3, 0.4) is 0 Å². The Bertz CT molecular complexity index is 4660. The minimum Gasteiger partial charge on any atom is -0.511 e. The number of furan rings is 1. The van der Waals surface area contributed by atoms with Gasteiger partial charge in [0.25, 0.3) is 17.7 Å². The van der Waals surface area contributed by atoms with E-state index in [0.717, 1.165) is 72.6 Å². The van der Waals surface area contributed by atoms with Crippen molar-refractivity contribution in [3.8, 4) is 28.6 Å². The number of Topliss-reactive ketones (excluding diaryl/α,β-unsaturated/α-hetero) is 6. The molecule has 9 unspecified atom stereocenters. The number of hydrogen-bond donors (Lipinski definition) is 14. The van der Waals surface area contributed by atoms with Crippen molar-refractivity contribution in [3.05, 3.63) is 138 Å². The van der Waals surface area contributed by atoms with Crippen LogP contribution in [-0.4, -0.2) is 224 Å². The summed E-state index contributed by atoms with van der Waals surface area (Å²) in [5.41, 5.74) is 21.0. The standard InChI is InChI=1S/C30H33N3O7.C25H30N2O6.C22H24N2O6.3C2H7N.3H2O.6H2/c1-32(2)19-12-18(21-6-5-16(40-21)13-33-7-3-4-8-33)26(35)24-17(19)10-14-9-15-11-20(34)25(30(31)39)29(38)23(15)27(36)22(14)28(24)37;1-4-5-8-33-17-7-6-15(27(2)3)14-10-12-9-13-11-16(28)21(25(26)32)24(31)19(13)22(29)18(12)23(30)20(14)17;1-24(2)8-9-3-4-13(25)17-12(9)6-10-5-11-7-14(26)18(22(23)30)21(29)16(11)19(27)15(10)20(17)28;3*1-3-2;;;;;;;;;/h5-6,12,14-15,23,35,37-38H,3-4,7-11,13H2,1-2H3,(H2,31,39);6-7,12-13,19,30-31H,4-5,8-11H2,1-3H3,(H2,26,32);3-4,10-11,16,25,28-29H,5-8H2,1-2H3,(H2,23,30);3*3H,1-2H3;3*1H2;6*1H. The van der Waals surface area contributed by atoms with Gasteiger partial charge in [0.05, 0.1) is 53.2 Å². The third kappa shape index (κ3) is 18.4. The summed E-state index contributed by atoms with van der Waals surface area (Å²) in [5, 5.41) is 96.1. The molecule has 4 fully saturated rings. The van der Waals surface area contributed by atoms with Gasteiger partial charge >= 0.3 is 0 Å². The van der Waals surface area contributed by atoms with Gasteiger partial charge in [-0.2, -0.15) is 0 Å². The number of unbranched alkanes of at least 4 members (excludes halogenated alkanes) is 1. The molecule has 10 aliphatic rings. The van der Waals surface area contributed by atoms with Gasteiger partial charge in [-0.25, -0.2) is 0 Å². The van der Waals surface area contributed by atoms with Gasteiger partial charge in [-0.15, -0.1) is 0 Å². The maximum Gasteiger partial charge on any atom is 0.255 e. The average molecular weight is 1620 g/mol. The number of ketones is 6. The van der Waals surface area contributed by atoms with Crippen LogP contribution in [0.5, 0.6) is 17.2 Å². The molecule has 0 bridgehead atoms. The predicted molar refractivity (Wildman–Crippen MR) is 445 cm³/mol. The molecule has 14 rings (SSSR count). The number of phenols is 2. The van der Waals surface area contributed by atoms with Crippen molar-refractivity contribution in [2.45, 2.75) is 103 Å². The van der Waals surface area contributed by atoms with E-state index in [2.05, 4.69) is 27.8 Å². The fraction of sp³-hybridized carbons (Fsp3) is 0.482. The topological polar surface area (TPSA) is 559 Å². The summed E-state index contributed by atoms with van der Waals surface area (Å²) in [5.74, 6) is -13.4. The van der Waals surface area contributed by atoms with E-state index in [0.29, 0.717) is 86.4 Å². The maximum atomic E-state index is 13.8. The number of likely N-dealkylation sites (tertiary alicyclic amines) is 1. The zero-order valence-corrected chi connectivity index (χ0v) is 67.6. The van der Waals surface area contributed by atoms with Crippen LogP contribution in [0.15, 0.2) is 97.6 Å². The number of nitrogens with zero attached hydrogens (tertiary/aromatic N) is 4. The van der Waals surface area contributed by atoms with Crippen LogP contribution in [0, 0.1) is 53.3 Å². The number of rotatable bonds is 14. The van der Waals surface area contributed by atoms with Crippen molar-refractivity contribution in [3.63, 3.8) is 0 Å². The molecule has 1 aromatic heterocycles. The maximum absolute atomic E-state index is 13.8. The highest BCUT2D eigenvalue weighted by molar-refractivity contribution is 6.23. The van der Waals surface area contributed by atoms with Gasteiger partial charge in [0.2, 0.25) is 0 Å². The fourth-order valence-electron chi connectivity index (χ4n) is 17.7. The van der Waals surface area contributed by atoms with Gasteiger partial charge in [0.15, 0.2) is 34.7 Å². The van der Waals surface area contributed by atoms with Crippen molar-refractivity contribution in [2.75, 3.05) is 114 Å². The number of aromatic hydroxyl groups is 2. The molecule has 2 heterocycles. The largest absolute Gasteiger partial charge is 0.511 e. The summed E-state index contributed by atoms with van der Waals surface area (Å²) in [6.45, 7) is 5.86. The lowest BCUT2D eigenvalue weighted by Crippen LogP contribution is -2.44. The van der Waals surface area contributed by atoms with Gasteiger partial charge in [-0.05, 0) is 221 Å². The number of nitrogens with two attached hydrogens (primary N) is 3. The molecule has 32 nitrogen and oxygen atoms in total. The number of aliphatic hydroxyl groups is 6. The van der Waals surface area contributed by atoms with Crippen molar-refractivity contribution >= 4 is 81.1 Å². The van der Waals surface area contributed by atoms with E-state index in [1.165, 1.54) is 6.07 Å². The molecule has 1 saturated heterocycles. The Morgan fingerprint density at radius 3 is 1.33 bits per heavy atom. The highest BCUT2D eigenvalue weighted by Gasteiger charge is 2.55. The van der Waals surface area contributed by atoms with Crippen molar-refractivity contribution < 1.29 is 118 Å². The van der Waals surface area contributed by atoms with Crippen molar-refractivity contribution in [2.24, 2.45) is 70.5 Å². The number of carbonyl (C=O) groups excluding carboxylic acids is 9. The number of phenolic OH excluding ortho intramolecular Hbond substituents is 2. The number of primary amides is 3. The second-order valence-corrected chi connectivity index (χ2v) is 30.9. The summed E-state index contributed by atoms with van der Waals surface area (Å²) in [6.07, 6.45) is 6.44. The zero-order chi connectivity index (χ0) is 82.5. The Labute approximate surface area is 676 Å². The molecule has 3 amide bonds. The minimum absolute atomic E-state index is 0. The molecule has 640 valence electrons. The fourth-order valence-corrected chi connectivity index (χ4v) is 17.7. The lowest BCUT2D eigenvalue weighted by atomic mass is 9.61. The van der Waals surface area contributed by atoms with E-state index in [1.54, 1.807) is 18.2 Å². The Morgan fingerprint density at radius 1 is 0.530 bits per heavy atom. The molecule has 0 spiro atoms. The molecule has 4 aromatic rings. The van der Waals surface area contributed by atoms with E-state index in [1.807, 2.05) is 117 Å². The molecule has 9 aliphatic carbocycles. The van der Waals surface area contributed by atoms with E-state index in [9.17, 15) is 84.0 Å². The molecule has 3 aromatic carbocycles. The molecular formula is C83H126N10O22.